The van der Waals surface area contributed by atoms with Gasteiger partial charge in [0.15, 0.2) is 0 Å². The molecular weight excluding hydrogens is 348 g/mol. The van der Waals surface area contributed by atoms with Crippen LogP contribution in [0.1, 0.15) is 30.1 Å². The third-order valence-corrected chi connectivity index (χ3v) is 6.68. The number of rotatable bonds is 5. The van der Waals surface area contributed by atoms with Gasteiger partial charge in [-0.3, -0.25) is 4.79 Å². The maximum absolute atomic E-state index is 12.5. The summed E-state index contributed by atoms with van der Waals surface area (Å²) >= 11 is 0. The summed E-state index contributed by atoms with van der Waals surface area (Å²) in [5.41, 5.74) is 2.80. The van der Waals surface area contributed by atoms with Gasteiger partial charge in [0.1, 0.15) is 0 Å². The number of carbonyl (C=O) groups excluding carboxylic acids is 1. The first-order valence-electron chi connectivity index (χ1n) is 8.94. The molecule has 2 aromatic carbocycles. The predicted octanol–water partition coefficient (Wildman–Crippen LogP) is 2.90. The Morgan fingerprint density at radius 1 is 1.00 bits per heavy atom. The van der Waals surface area contributed by atoms with Gasteiger partial charge in [0, 0.05) is 24.7 Å². The minimum atomic E-state index is -3.14. The Balaban J connectivity index is 1.58. The predicted molar refractivity (Wildman–Crippen MR) is 103 cm³/mol. The minimum Gasteiger partial charge on any atom is -0.349 e. The van der Waals surface area contributed by atoms with E-state index in [1.165, 1.54) is 4.31 Å². The van der Waals surface area contributed by atoms with Crippen LogP contribution in [-0.2, 0) is 10.0 Å². The molecule has 5 nitrogen and oxygen atoms in total. The number of sulfonamides is 1. The van der Waals surface area contributed by atoms with Gasteiger partial charge < -0.3 is 5.32 Å². The summed E-state index contributed by atoms with van der Waals surface area (Å²) < 4.78 is 25.3. The molecule has 0 bridgehead atoms. The zero-order valence-corrected chi connectivity index (χ0v) is 15.7. The quantitative estimate of drug-likeness (QED) is 0.878. The van der Waals surface area contributed by atoms with Crippen LogP contribution in [0.15, 0.2) is 54.6 Å². The van der Waals surface area contributed by atoms with Crippen LogP contribution < -0.4 is 5.32 Å². The van der Waals surface area contributed by atoms with Crippen molar-refractivity contribution in [2.45, 2.75) is 25.8 Å². The standard InChI is InChI=1S/C20H24N2O3S/c1-2-26(24,25)22-14-12-19(13-15-22)21-20(23)18-10-8-17(9-11-18)16-6-4-3-5-7-16/h3-11,19H,2,12-15H2,1H3,(H,21,23). The van der Waals surface area contributed by atoms with E-state index in [0.717, 1.165) is 11.1 Å². The maximum Gasteiger partial charge on any atom is 0.251 e. The normalized spacial score (nSPS) is 16.3. The van der Waals surface area contributed by atoms with Gasteiger partial charge in [-0.15, -0.1) is 0 Å². The van der Waals surface area contributed by atoms with Gasteiger partial charge >= 0.3 is 0 Å². The fraction of sp³-hybridized carbons (Fsp3) is 0.350. The molecule has 0 saturated carbocycles. The monoisotopic (exact) mass is 372 g/mol. The maximum atomic E-state index is 12.5. The molecule has 0 aliphatic carbocycles. The van der Waals surface area contributed by atoms with Crippen molar-refractivity contribution in [3.8, 4) is 11.1 Å². The molecule has 0 unspecified atom stereocenters. The lowest BCUT2D eigenvalue weighted by molar-refractivity contribution is 0.0924. The summed E-state index contributed by atoms with van der Waals surface area (Å²) in [6.07, 6.45) is 1.29. The zero-order chi connectivity index (χ0) is 18.6. The Morgan fingerprint density at radius 3 is 2.15 bits per heavy atom. The van der Waals surface area contributed by atoms with Gasteiger partial charge in [-0.1, -0.05) is 42.5 Å². The van der Waals surface area contributed by atoms with Gasteiger partial charge in [-0.25, -0.2) is 12.7 Å². The highest BCUT2D eigenvalue weighted by Gasteiger charge is 2.27. The topological polar surface area (TPSA) is 66.5 Å². The molecule has 0 radical (unpaired) electrons. The lowest BCUT2D eigenvalue weighted by atomic mass is 10.0. The SMILES string of the molecule is CCS(=O)(=O)N1CCC(NC(=O)c2ccc(-c3ccccc3)cc2)CC1. The average molecular weight is 372 g/mol. The molecule has 138 valence electrons. The molecule has 1 aliphatic heterocycles. The number of nitrogens with one attached hydrogen (secondary N) is 1. The van der Waals surface area contributed by atoms with Crippen LogP contribution in [0.2, 0.25) is 0 Å². The van der Waals surface area contributed by atoms with Crippen molar-refractivity contribution in [3.05, 3.63) is 60.2 Å². The second-order valence-electron chi connectivity index (χ2n) is 6.49. The molecule has 0 atom stereocenters. The van der Waals surface area contributed by atoms with E-state index in [1.807, 2.05) is 54.6 Å². The van der Waals surface area contributed by atoms with Crippen molar-refractivity contribution in [2.24, 2.45) is 0 Å². The second kappa shape index (κ2) is 8.01. The van der Waals surface area contributed by atoms with Crippen LogP contribution in [0.5, 0.6) is 0 Å². The molecule has 0 aromatic heterocycles. The highest BCUT2D eigenvalue weighted by atomic mass is 32.2. The van der Waals surface area contributed by atoms with Gasteiger partial charge in [0.25, 0.3) is 5.91 Å². The molecule has 26 heavy (non-hydrogen) atoms. The number of hydrogen-bond acceptors (Lipinski definition) is 3. The van der Waals surface area contributed by atoms with E-state index in [-0.39, 0.29) is 17.7 Å². The average Bonchev–Trinajstić information content (AvgIpc) is 2.69. The van der Waals surface area contributed by atoms with E-state index in [9.17, 15) is 13.2 Å². The number of hydrogen-bond donors (Lipinski definition) is 1. The van der Waals surface area contributed by atoms with Crippen LogP contribution in [0.25, 0.3) is 11.1 Å². The zero-order valence-electron chi connectivity index (χ0n) is 14.9. The molecule has 3 rings (SSSR count). The molecule has 1 aliphatic rings. The van der Waals surface area contributed by atoms with Crippen molar-refractivity contribution in [1.29, 1.82) is 0 Å². The third-order valence-electron chi connectivity index (χ3n) is 4.80. The van der Waals surface area contributed by atoms with E-state index >= 15 is 0 Å². The molecule has 1 heterocycles. The fourth-order valence-corrected chi connectivity index (χ4v) is 4.31. The van der Waals surface area contributed by atoms with E-state index in [2.05, 4.69) is 5.32 Å². The van der Waals surface area contributed by atoms with Gasteiger partial charge in [0.05, 0.1) is 5.75 Å². The van der Waals surface area contributed by atoms with Crippen LogP contribution in [0.3, 0.4) is 0 Å². The second-order valence-corrected chi connectivity index (χ2v) is 8.75. The molecule has 0 spiro atoms. The molecule has 1 N–H and O–H groups in total. The molecule has 6 heteroatoms. The Labute approximate surface area is 155 Å². The largest absolute Gasteiger partial charge is 0.349 e. The molecule has 1 fully saturated rings. The van der Waals surface area contributed by atoms with Crippen molar-refractivity contribution in [2.75, 3.05) is 18.8 Å². The highest BCUT2D eigenvalue weighted by molar-refractivity contribution is 7.89. The van der Waals surface area contributed by atoms with Gasteiger partial charge in [-0.2, -0.15) is 0 Å². The van der Waals surface area contributed by atoms with Crippen molar-refractivity contribution < 1.29 is 13.2 Å². The number of nitrogens with zero attached hydrogens (tertiary/aromatic N) is 1. The lowest BCUT2D eigenvalue weighted by Crippen LogP contribution is -2.46. The van der Waals surface area contributed by atoms with Crippen molar-refractivity contribution >= 4 is 15.9 Å². The summed E-state index contributed by atoms with van der Waals surface area (Å²) in [5.74, 6) is 0.0130. The Bertz CT molecular complexity index is 840. The van der Waals surface area contributed by atoms with E-state index in [0.29, 0.717) is 31.5 Å². The summed E-state index contributed by atoms with van der Waals surface area (Å²) in [4.78, 5) is 12.5. The van der Waals surface area contributed by atoms with Crippen LogP contribution in [0.4, 0.5) is 0 Å². The highest BCUT2D eigenvalue weighted by Crippen LogP contribution is 2.20. The van der Waals surface area contributed by atoms with Gasteiger partial charge in [0.2, 0.25) is 10.0 Å². The van der Waals surface area contributed by atoms with Gasteiger partial charge in [-0.05, 0) is 43.0 Å². The minimum absolute atomic E-state index is 0.0135. The number of benzene rings is 2. The Hall–Kier alpha value is -2.18. The number of carbonyl (C=O) groups is 1. The molecule has 1 amide bonds. The summed E-state index contributed by atoms with van der Waals surface area (Å²) in [6, 6.07) is 17.6. The van der Waals surface area contributed by atoms with Crippen molar-refractivity contribution in [1.82, 2.24) is 9.62 Å². The first-order chi connectivity index (χ1) is 12.5. The molecular formula is C20H24N2O3S. The lowest BCUT2D eigenvalue weighted by Gasteiger charge is -2.31. The summed E-state index contributed by atoms with van der Waals surface area (Å²) in [7, 11) is -3.14. The fourth-order valence-electron chi connectivity index (χ4n) is 3.17. The van der Waals surface area contributed by atoms with Crippen LogP contribution >= 0.6 is 0 Å². The Kier molecular flexibility index (Phi) is 5.74. The third kappa shape index (κ3) is 4.31. The molecule has 1 saturated heterocycles. The van der Waals surface area contributed by atoms with Crippen molar-refractivity contribution in [3.63, 3.8) is 0 Å². The summed E-state index contributed by atoms with van der Waals surface area (Å²) in [6.45, 7) is 2.59. The van der Waals surface area contributed by atoms with E-state index < -0.39 is 10.0 Å². The Morgan fingerprint density at radius 2 is 1.58 bits per heavy atom. The summed E-state index contributed by atoms with van der Waals surface area (Å²) in [5, 5.41) is 3.02. The smallest absolute Gasteiger partial charge is 0.251 e. The first-order valence-corrected chi connectivity index (χ1v) is 10.5. The number of amides is 1. The van der Waals surface area contributed by atoms with E-state index in [1.54, 1.807) is 6.92 Å². The van der Waals surface area contributed by atoms with Crippen LogP contribution in [-0.4, -0.2) is 43.5 Å². The van der Waals surface area contributed by atoms with E-state index in [4.69, 9.17) is 0 Å². The molecule has 2 aromatic rings. The van der Waals surface area contributed by atoms with Crippen LogP contribution in [0, 0.1) is 0 Å². The first kappa shape index (κ1) is 18.6. The number of piperidine rings is 1.